The van der Waals surface area contributed by atoms with Gasteiger partial charge in [-0.1, -0.05) is 27.7 Å². The average molecular weight is 330 g/mol. The molecule has 2 amide bonds. The Morgan fingerprint density at radius 3 is 2.04 bits per heavy atom. The Morgan fingerprint density at radius 1 is 1.00 bits per heavy atom. The van der Waals surface area contributed by atoms with Gasteiger partial charge in [0.15, 0.2) is 0 Å². The Kier molecular flexibility index (Phi) is 6.18. The maximum atomic E-state index is 13.0. The zero-order valence-corrected chi connectivity index (χ0v) is 13.5. The molecule has 0 aliphatic rings. The van der Waals surface area contributed by atoms with Gasteiger partial charge in [0.1, 0.15) is 0 Å². The van der Waals surface area contributed by atoms with Crippen LogP contribution in [-0.4, -0.2) is 11.8 Å². The molecule has 0 spiro atoms. The number of anilines is 1. The Morgan fingerprint density at radius 2 is 1.57 bits per heavy atom. The van der Waals surface area contributed by atoms with Crippen molar-refractivity contribution in [1.29, 1.82) is 0 Å². The van der Waals surface area contributed by atoms with E-state index in [1.54, 1.807) is 27.7 Å². The number of nitrogens with one attached hydrogen (secondary N) is 2. The minimum atomic E-state index is -4.53. The summed E-state index contributed by atoms with van der Waals surface area (Å²) in [5, 5.41) is 5.01. The SMILES string of the molecule is CC(C)C(=O)NCc1cc(NC(=O)C(C)C)cc(C(F)(F)F)c1. The predicted molar refractivity (Wildman–Crippen MR) is 81.6 cm³/mol. The van der Waals surface area contributed by atoms with Gasteiger partial charge < -0.3 is 10.6 Å². The van der Waals surface area contributed by atoms with Gasteiger partial charge >= 0.3 is 6.18 Å². The molecule has 0 atom stereocenters. The van der Waals surface area contributed by atoms with E-state index >= 15 is 0 Å². The van der Waals surface area contributed by atoms with Gasteiger partial charge in [-0.3, -0.25) is 9.59 Å². The smallest absolute Gasteiger partial charge is 0.352 e. The summed E-state index contributed by atoms with van der Waals surface area (Å²) in [4.78, 5) is 23.2. The quantitative estimate of drug-likeness (QED) is 0.867. The molecule has 0 heterocycles. The van der Waals surface area contributed by atoms with Crippen molar-refractivity contribution < 1.29 is 22.8 Å². The topological polar surface area (TPSA) is 58.2 Å². The van der Waals surface area contributed by atoms with E-state index in [0.29, 0.717) is 0 Å². The lowest BCUT2D eigenvalue weighted by molar-refractivity contribution is -0.137. The minimum Gasteiger partial charge on any atom is -0.352 e. The molecule has 0 aliphatic heterocycles. The van der Waals surface area contributed by atoms with Gasteiger partial charge in [-0.25, -0.2) is 0 Å². The van der Waals surface area contributed by atoms with Crippen molar-refractivity contribution in [3.8, 4) is 0 Å². The second-order valence-electron chi connectivity index (χ2n) is 5.93. The summed E-state index contributed by atoms with van der Waals surface area (Å²) in [6.45, 7) is 6.64. The van der Waals surface area contributed by atoms with Crippen LogP contribution in [0.25, 0.3) is 0 Å². The second-order valence-corrected chi connectivity index (χ2v) is 5.93. The molecule has 2 N–H and O–H groups in total. The molecule has 0 saturated heterocycles. The third-order valence-corrected chi connectivity index (χ3v) is 3.10. The van der Waals surface area contributed by atoms with Crippen molar-refractivity contribution in [3.63, 3.8) is 0 Å². The zero-order valence-electron chi connectivity index (χ0n) is 13.5. The Bertz CT molecular complexity index is 581. The van der Waals surface area contributed by atoms with Crippen LogP contribution in [0.2, 0.25) is 0 Å². The van der Waals surface area contributed by atoms with E-state index in [9.17, 15) is 22.8 Å². The van der Waals surface area contributed by atoms with Crippen LogP contribution in [0.1, 0.15) is 38.8 Å². The molecule has 0 unspecified atom stereocenters. The number of benzene rings is 1. The van der Waals surface area contributed by atoms with Crippen molar-refractivity contribution in [2.24, 2.45) is 11.8 Å². The van der Waals surface area contributed by atoms with Gasteiger partial charge in [0.2, 0.25) is 11.8 Å². The van der Waals surface area contributed by atoms with Crippen molar-refractivity contribution in [3.05, 3.63) is 29.3 Å². The van der Waals surface area contributed by atoms with E-state index < -0.39 is 11.7 Å². The summed E-state index contributed by atoms with van der Waals surface area (Å²) in [5.41, 5.74) is -0.534. The Hall–Kier alpha value is -2.05. The average Bonchev–Trinajstić information content (AvgIpc) is 2.43. The third-order valence-electron chi connectivity index (χ3n) is 3.10. The van der Waals surface area contributed by atoms with Gasteiger partial charge in [0.05, 0.1) is 5.56 Å². The molecule has 0 saturated carbocycles. The Labute approximate surface area is 133 Å². The lowest BCUT2D eigenvalue weighted by Crippen LogP contribution is -2.27. The molecule has 7 heteroatoms. The lowest BCUT2D eigenvalue weighted by Gasteiger charge is -2.15. The number of carbonyl (C=O) groups excluding carboxylic acids is 2. The minimum absolute atomic E-state index is 0.0362. The summed E-state index contributed by atoms with van der Waals surface area (Å²) in [6, 6.07) is 3.27. The second kappa shape index (κ2) is 7.48. The first-order chi connectivity index (χ1) is 10.5. The highest BCUT2D eigenvalue weighted by Crippen LogP contribution is 2.32. The molecular weight excluding hydrogens is 309 g/mol. The van der Waals surface area contributed by atoms with Crippen molar-refractivity contribution in [2.45, 2.75) is 40.4 Å². The summed E-state index contributed by atoms with van der Waals surface area (Å²) in [7, 11) is 0. The lowest BCUT2D eigenvalue weighted by atomic mass is 10.1. The molecule has 0 fully saturated rings. The molecule has 23 heavy (non-hydrogen) atoms. The molecule has 0 aromatic heterocycles. The normalized spacial score (nSPS) is 11.7. The van der Waals surface area contributed by atoms with Crippen LogP contribution >= 0.6 is 0 Å². The predicted octanol–water partition coefficient (Wildman–Crippen LogP) is 3.57. The standard InChI is InChI=1S/C16H21F3N2O2/c1-9(2)14(22)20-8-11-5-12(16(17,18)19)7-13(6-11)21-15(23)10(3)4/h5-7,9-10H,8H2,1-4H3,(H,20,22)(H,21,23). The number of carbonyl (C=O) groups is 2. The first kappa shape index (κ1) is 19.0. The van der Waals surface area contributed by atoms with Crippen LogP contribution in [-0.2, 0) is 22.3 Å². The molecule has 4 nitrogen and oxygen atoms in total. The summed E-state index contributed by atoms with van der Waals surface area (Å²) in [5.74, 6) is -1.24. The molecule has 0 bridgehead atoms. The molecular formula is C16H21F3N2O2. The monoisotopic (exact) mass is 330 g/mol. The summed E-state index contributed by atoms with van der Waals surface area (Å²) < 4.78 is 38.9. The highest BCUT2D eigenvalue weighted by atomic mass is 19.4. The number of hydrogen-bond acceptors (Lipinski definition) is 2. The maximum absolute atomic E-state index is 13.0. The van der Waals surface area contributed by atoms with E-state index in [0.717, 1.165) is 12.1 Å². The number of amides is 2. The van der Waals surface area contributed by atoms with Crippen molar-refractivity contribution in [1.82, 2.24) is 5.32 Å². The van der Waals surface area contributed by atoms with Crippen LogP contribution < -0.4 is 10.6 Å². The summed E-state index contributed by atoms with van der Waals surface area (Å²) >= 11 is 0. The van der Waals surface area contributed by atoms with E-state index in [1.807, 2.05) is 0 Å². The summed E-state index contributed by atoms with van der Waals surface area (Å²) in [6.07, 6.45) is -4.53. The maximum Gasteiger partial charge on any atom is 0.416 e. The van der Waals surface area contributed by atoms with Gasteiger partial charge in [0.25, 0.3) is 0 Å². The van der Waals surface area contributed by atoms with Crippen LogP contribution in [0, 0.1) is 11.8 Å². The van der Waals surface area contributed by atoms with Gasteiger partial charge in [-0.05, 0) is 23.8 Å². The van der Waals surface area contributed by atoms with Crippen molar-refractivity contribution in [2.75, 3.05) is 5.32 Å². The highest BCUT2D eigenvalue weighted by molar-refractivity contribution is 5.92. The largest absolute Gasteiger partial charge is 0.416 e. The molecule has 1 aromatic rings. The van der Waals surface area contributed by atoms with Gasteiger partial charge in [-0.2, -0.15) is 13.2 Å². The first-order valence-electron chi connectivity index (χ1n) is 7.30. The van der Waals surface area contributed by atoms with Crippen LogP contribution in [0.4, 0.5) is 18.9 Å². The number of alkyl halides is 3. The molecule has 1 aromatic carbocycles. The fourth-order valence-corrected chi connectivity index (χ4v) is 1.71. The number of hydrogen-bond donors (Lipinski definition) is 2. The van der Waals surface area contributed by atoms with Crippen molar-refractivity contribution >= 4 is 17.5 Å². The van der Waals surface area contributed by atoms with E-state index in [-0.39, 0.29) is 41.4 Å². The fraction of sp³-hybridized carbons (Fsp3) is 0.500. The molecule has 128 valence electrons. The Balaban J connectivity index is 3.05. The molecule has 0 radical (unpaired) electrons. The zero-order chi connectivity index (χ0) is 17.8. The van der Waals surface area contributed by atoms with Gasteiger partial charge in [-0.15, -0.1) is 0 Å². The van der Waals surface area contributed by atoms with Gasteiger partial charge in [0, 0.05) is 24.1 Å². The number of rotatable bonds is 5. The van der Waals surface area contributed by atoms with Crippen LogP contribution in [0.3, 0.4) is 0 Å². The van der Waals surface area contributed by atoms with E-state index in [2.05, 4.69) is 10.6 Å². The van der Waals surface area contributed by atoms with E-state index in [1.165, 1.54) is 6.07 Å². The first-order valence-corrected chi connectivity index (χ1v) is 7.30. The third kappa shape index (κ3) is 5.92. The highest BCUT2D eigenvalue weighted by Gasteiger charge is 2.31. The number of halogens is 3. The van der Waals surface area contributed by atoms with Crippen LogP contribution in [0.15, 0.2) is 18.2 Å². The van der Waals surface area contributed by atoms with Crippen LogP contribution in [0.5, 0.6) is 0 Å². The molecule has 1 rings (SSSR count). The van der Waals surface area contributed by atoms with E-state index in [4.69, 9.17) is 0 Å². The molecule has 0 aliphatic carbocycles. The fourth-order valence-electron chi connectivity index (χ4n) is 1.71.